The van der Waals surface area contributed by atoms with Crippen LogP contribution in [0.2, 0.25) is 0 Å². The Labute approximate surface area is 90.2 Å². The molecule has 3 heteroatoms. The van der Waals surface area contributed by atoms with Gasteiger partial charge in [-0.25, -0.2) is 0 Å². The Morgan fingerprint density at radius 1 is 1.29 bits per heavy atom. The zero-order valence-corrected chi connectivity index (χ0v) is 8.94. The fourth-order valence-corrected chi connectivity index (χ4v) is 1.98. The highest BCUT2D eigenvalue weighted by molar-refractivity contribution is 6.30. The van der Waals surface area contributed by atoms with Crippen LogP contribution in [-0.4, -0.2) is 12.2 Å². The van der Waals surface area contributed by atoms with Gasteiger partial charge in [0.2, 0.25) is 0 Å². The van der Waals surface area contributed by atoms with Crippen molar-refractivity contribution in [1.29, 1.82) is 5.26 Å². The molecule has 0 N–H and O–H groups in total. The van der Waals surface area contributed by atoms with E-state index in [1.807, 2.05) is 0 Å². The maximum Gasteiger partial charge on any atom is 0.129 e. The van der Waals surface area contributed by atoms with Gasteiger partial charge in [0.1, 0.15) is 5.60 Å². The molecule has 0 unspecified atom stereocenters. The van der Waals surface area contributed by atoms with Crippen molar-refractivity contribution in [3.63, 3.8) is 0 Å². The van der Waals surface area contributed by atoms with Crippen molar-refractivity contribution in [2.45, 2.75) is 44.1 Å². The third kappa shape index (κ3) is 3.22. The van der Waals surface area contributed by atoms with E-state index in [-0.39, 0.29) is 5.60 Å². The van der Waals surface area contributed by atoms with Crippen LogP contribution < -0.4 is 0 Å². The first-order chi connectivity index (χ1) is 6.83. The highest BCUT2D eigenvalue weighted by atomic mass is 35.5. The summed E-state index contributed by atoms with van der Waals surface area (Å²) in [6.45, 7) is 0.460. The number of hydrogen-bond donors (Lipinski definition) is 0. The summed E-state index contributed by atoms with van der Waals surface area (Å²) in [5.74, 6) is 2.94. The molecule has 1 aliphatic carbocycles. The average molecular weight is 212 g/mol. The SMILES string of the molecule is N#CCCOC1(C#CCl)CCCCC1. The maximum absolute atomic E-state index is 8.42. The molecule has 0 aromatic rings. The van der Waals surface area contributed by atoms with Crippen LogP contribution in [0.15, 0.2) is 0 Å². The van der Waals surface area contributed by atoms with Gasteiger partial charge in [0.05, 0.1) is 19.1 Å². The van der Waals surface area contributed by atoms with Gasteiger partial charge in [-0.15, -0.1) is 0 Å². The molecule has 2 nitrogen and oxygen atoms in total. The second-order valence-electron chi connectivity index (χ2n) is 3.53. The number of rotatable bonds is 3. The van der Waals surface area contributed by atoms with E-state index in [9.17, 15) is 0 Å². The summed E-state index contributed by atoms with van der Waals surface area (Å²) >= 11 is 5.43. The zero-order chi connectivity index (χ0) is 10.3. The van der Waals surface area contributed by atoms with E-state index in [1.54, 1.807) is 0 Å². The van der Waals surface area contributed by atoms with Crippen molar-refractivity contribution >= 4 is 11.6 Å². The first kappa shape index (κ1) is 11.4. The normalized spacial score (nSPS) is 19.1. The van der Waals surface area contributed by atoms with Crippen molar-refractivity contribution < 1.29 is 4.74 Å². The van der Waals surface area contributed by atoms with Crippen LogP contribution in [0.5, 0.6) is 0 Å². The van der Waals surface area contributed by atoms with E-state index in [1.165, 1.54) is 6.42 Å². The summed E-state index contributed by atoms with van der Waals surface area (Å²) < 4.78 is 5.67. The molecular weight excluding hydrogens is 198 g/mol. The Hall–Kier alpha value is -0.700. The van der Waals surface area contributed by atoms with Crippen LogP contribution in [-0.2, 0) is 4.74 Å². The summed E-state index contributed by atoms with van der Waals surface area (Å²) in [7, 11) is 0. The van der Waals surface area contributed by atoms with Crippen LogP contribution >= 0.6 is 11.6 Å². The summed E-state index contributed by atoms with van der Waals surface area (Å²) in [5, 5.41) is 10.8. The lowest BCUT2D eigenvalue weighted by Crippen LogP contribution is -2.33. The minimum Gasteiger partial charge on any atom is -0.361 e. The summed E-state index contributed by atoms with van der Waals surface area (Å²) in [5.41, 5.74) is -0.364. The monoisotopic (exact) mass is 211 g/mol. The molecule has 1 aliphatic rings. The molecular formula is C11H14ClNO. The van der Waals surface area contributed by atoms with Gasteiger partial charge in [0, 0.05) is 5.38 Å². The van der Waals surface area contributed by atoms with Gasteiger partial charge in [0.25, 0.3) is 0 Å². The number of halogens is 1. The Balaban J connectivity index is 2.51. The second-order valence-corrected chi connectivity index (χ2v) is 3.72. The van der Waals surface area contributed by atoms with Gasteiger partial charge in [0.15, 0.2) is 0 Å². The first-order valence-corrected chi connectivity index (χ1v) is 5.34. The van der Waals surface area contributed by atoms with Gasteiger partial charge in [-0.3, -0.25) is 0 Å². The van der Waals surface area contributed by atoms with Crippen LogP contribution in [0.4, 0.5) is 0 Å². The van der Waals surface area contributed by atoms with Gasteiger partial charge in [-0.1, -0.05) is 12.3 Å². The summed E-state index contributed by atoms with van der Waals surface area (Å²) in [6, 6.07) is 2.06. The molecule has 0 saturated heterocycles. The third-order valence-corrected chi connectivity index (χ3v) is 2.62. The van der Waals surface area contributed by atoms with Gasteiger partial charge in [-0.05, 0) is 37.3 Å². The molecule has 0 heterocycles. The van der Waals surface area contributed by atoms with E-state index in [4.69, 9.17) is 21.6 Å². The maximum atomic E-state index is 8.42. The van der Waals surface area contributed by atoms with E-state index >= 15 is 0 Å². The van der Waals surface area contributed by atoms with Crippen LogP contribution in [0.25, 0.3) is 0 Å². The molecule has 14 heavy (non-hydrogen) atoms. The van der Waals surface area contributed by atoms with Crippen molar-refractivity contribution in [3.8, 4) is 17.4 Å². The lowest BCUT2D eigenvalue weighted by Gasteiger charge is -2.32. The Morgan fingerprint density at radius 3 is 2.57 bits per heavy atom. The highest BCUT2D eigenvalue weighted by Gasteiger charge is 2.30. The number of ether oxygens (including phenoxy) is 1. The fraction of sp³-hybridized carbons (Fsp3) is 0.727. The van der Waals surface area contributed by atoms with Crippen LogP contribution in [0, 0.1) is 22.6 Å². The predicted octanol–water partition coefficient (Wildman–Crippen LogP) is 2.82. The van der Waals surface area contributed by atoms with Gasteiger partial charge >= 0.3 is 0 Å². The summed E-state index contributed by atoms with van der Waals surface area (Å²) in [6.07, 6.45) is 5.82. The van der Waals surface area contributed by atoms with Crippen molar-refractivity contribution in [2.24, 2.45) is 0 Å². The fourth-order valence-electron chi connectivity index (χ4n) is 1.81. The van der Waals surface area contributed by atoms with E-state index < -0.39 is 0 Å². The number of nitrogens with zero attached hydrogens (tertiary/aromatic N) is 1. The molecule has 0 radical (unpaired) electrons. The van der Waals surface area contributed by atoms with E-state index in [2.05, 4.69) is 17.4 Å². The lowest BCUT2D eigenvalue weighted by molar-refractivity contribution is -0.0231. The minimum atomic E-state index is -0.364. The van der Waals surface area contributed by atoms with Crippen molar-refractivity contribution in [3.05, 3.63) is 0 Å². The molecule has 0 spiro atoms. The second kappa shape index (κ2) is 5.91. The van der Waals surface area contributed by atoms with E-state index in [0.717, 1.165) is 25.7 Å². The molecule has 76 valence electrons. The average Bonchev–Trinajstić information content (AvgIpc) is 2.20. The molecule has 0 aliphatic heterocycles. The predicted molar refractivity (Wildman–Crippen MR) is 55.6 cm³/mol. The first-order valence-electron chi connectivity index (χ1n) is 4.97. The third-order valence-electron chi connectivity index (χ3n) is 2.53. The molecule has 0 aromatic carbocycles. The quantitative estimate of drug-likeness (QED) is 0.531. The highest BCUT2D eigenvalue weighted by Crippen LogP contribution is 2.31. The van der Waals surface area contributed by atoms with Gasteiger partial charge < -0.3 is 4.74 Å². The number of hydrogen-bond acceptors (Lipinski definition) is 2. The Kier molecular flexibility index (Phi) is 4.80. The van der Waals surface area contributed by atoms with Gasteiger partial charge in [-0.2, -0.15) is 5.26 Å². The minimum absolute atomic E-state index is 0.364. The molecule has 0 amide bonds. The van der Waals surface area contributed by atoms with E-state index in [0.29, 0.717) is 13.0 Å². The Bertz CT molecular complexity index is 265. The molecule has 1 rings (SSSR count). The topological polar surface area (TPSA) is 33.0 Å². The summed E-state index contributed by atoms with van der Waals surface area (Å²) in [4.78, 5) is 0. The lowest BCUT2D eigenvalue weighted by atomic mass is 9.85. The molecule has 0 aromatic heterocycles. The smallest absolute Gasteiger partial charge is 0.129 e. The van der Waals surface area contributed by atoms with Crippen molar-refractivity contribution in [1.82, 2.24) is 0 Å². The molecule has 1 saturated carbocycles. The standard InChI is InChI=1S/C11H14ClNO/c12-8-7-11(14-10-4-9-13)5-2-1-3-6-11/h1-6,10H2. The van der Waals surface area contributed by atoms with Crippen LogP contribution in [0.1, 0.15) is 38.5 Å². The van der Waals surface area contributed by atoms with Crippen LogP contribution in [0.3, 0.4) is 0 Å². The zero-order valence-electron chi connectivity index (χ0n) is 8.18. The molecule has 0 bridgehead atoms. The molecule has 1 fully saturated rings. The van der Waals surface area contributed by atoms with Crippen molar-refractivity contribution in [2.75, 3.05) is 6.61 Å². The largest absolute Gasteiger partial charge is 0.361 e. The molecule has 0 atom stereocenters. The number of nitriles is 1. The Morgan fingerprint density at radius 2 is 2.00 bits per heavy atom.